The van der Waals surface area contributed by atoms with Crippen LogP contribution in [0.4, 0.5) is 0 Å². The van der Waals surface area contributed by atoms with E-state index in [0.29, 0.717) is 19.5 Å². The first-order chi connectivity index (χ1) is 11.2. The Balaban J connectivity index is 1.81. The van der Waals surface area contributed by atoms with Gasteiger partial charge in [-0.15, -0.1) is 0 Å². The van der Waals surface area contributed by atoms with Gasteiger partial charge in [0.25, 0.3) is 0 Å². The van der Waals surface area contributed by atoms with Gasteiger partial charge < -0.3 is 20.5 Å². The second-order valence-corrected chi connectivity index (χ2v) is 5.78. The smallest absolute Gasteiger partial charge is 0.222 e. The number of nitrogens with zero attached hydrogens (tertiary/aromatic N) is 1. The second kappa shape index (κ2) is 9.62. The summed E-state index contributed by atoms with van der Waals surface area (Å²) in [5, 5.41) is 2.92. The summed E-state index contributed by atoms with van der Waals surface area (Å²) >= 11 is 0. The molecule has 1 aromatic rings. The number of carbonyl (C=O) groups excluding carboxylic acids is 1. The van der Waals surface area contributed by atoms with E-state index in [2.05, 4.69) is 22.3 Å². The maximum atomic E-state index is 11.9. The average molecular weight is 321 g/mol. The van der Waals surface area contributed by atoms with Crippen molar-refractivity contribution >= 4 is 5.91 Å². The van der Waals surface area contributed by atoms with Crippen LogP contribution in [-0.2, 0) is 27.4 Å². The first kappa shape index (κ1) is 17.9. The van der Waals surface area contributed by atoms with E-state index in [1.807, 2.05) is 12.1 Å². The predicted octanol–water partition coefficient (Wildman–Crippen LogP) is 0.499. The van der Waals surface area contributed by atoms with E-state index in [0.717, 1.165) is 38.4 Å². The molecule has 3 N–H and O–H groups in total. The van der Waals surface area contributed by atoms with Crippen molar-refractivity contribution in [2.24, 2.45) is 5.73 Å². The zero-order valence-electron chi connectivity index (χ0n) is 13.8. The molecule has 1 atom stereocenters. The molecule has 0 aliphatic carbocycles. The van der Waals surface area contributed by atoms with Crippen LogP contribution in [0, 0.1) is 0 Å². The third-order valence-corrected chi connectivity index (χ3v) is 4.00. The third kappa shape index (κ3) is 6.27. The van der Waals surface area contributed by atoms with E-state index in [1.165, 1.54) is 5.56 Å². The highest BCUT2D eigenvalue weighted by Crippen LogP contribution is 2.10. The van der Waals surface area contributed by atoms with Gasteiger partial charge in [0.05, 0.1) is 25.7 Å². The Morgan fingerprint density at radius 2 is 2.13 bits per heavy atom. The minimum atomic E-state index is -0.220. The van der Waals surface area contributed by atoms with Crippen LogP contribution in [0.2, 0.25) is 0 Å². The first-order valence-corrected chi connectivity index (χ1v) is 8.08. The summed E-state index contributed by atoms with van der Waals surface area (Å²) in [6, 6.07) is 8.33. The second-order valence-electron chi connectivity index (χ2n) is 5.78. The van der Waals surface area contributed by atoms with Crippen LogP contribution in [0.15, 0.2) is 24.3 Å². The summed E-state index contributed by atoms with van der Waals surface area (Å²) in [6.07, 6.45) is 0.0724. The van der Waals surface area contributed by atoms with Crippen molar-refractivity contribution < 1.29 is 14.3 Å². The Kier molecular flexibility index (Phi) is 7.48. The quantitative estimate of drug-likeness (QED) is 0.729. The van der Waals surface area contributed by atoms with Gasteiger partial charge in [0.1, 0.15) is 0 Å². The summed E-state index contributed by atoms with van der Waals surface area (Å²) in [6.45, 7) is 5.34. The lowest BCUT2D eigenvalue weighted by atomic mass is 10.1. The molecule has 1 unspecified atom stereocenters. The molecule has 6 nitrogen and oxygen atoms in total. The van der Waals surface area contributed by atoms with Gasteiger partial charge in [0.15, 0.2) is 0 Å². The molecule has 1 amide bonds. The van der Waals surface area contributed by atoms with Crippen LogP contribution >= 0.6 is 0 Å². The predicted molar refractivity (Wildman–Crippen MR) is 88.9 cm³/mol. The van der Waals surface area contributed by atoms with E-state index in [1.54, 1.807) is 7.11 Å². The standard InChI is InChI=1S/C17H27N3O3/c1-22-16(11-18)10-17(21)19-12-14-3-2-4-15(9-14)13-20-5-7-23-8-6-20/h2-4,9,16H,5-8,10-13,18H2,1H3,(H,19,21). The minimum absolute atomic E-state index is 0.0408. The number of hydrogen-bond acceptors (Lipinski definition) is 5. The zero-order chi connectivity index (χ0) is 16.5. The fourth-order valence-corrected chi connectivity index (χ4v) is 2.60. The SMILES string of the molecule is COC(CN)CC(=O)NCc1cccc(CN2CCOCC2)c1. The molecule has 1 aliphatic heterocycles. The normalized spacial score (nSPS) is 17.0. The van der Waals surface area contributed by atoms with E-state index >= 15 is 0 Å². The Morgan fingerprint density at radius 1 is 1.39 bits per heavy atom. The summed E-state index contributed by atoms with van der Waals surface area (Å²) < 4.78 is 10.5. The molecule has 0 saturated carbocycles. The number of carbonyl (C=O) groups is 1. The molecule has 2 rings (SSSR count). The van der Waals surface area contributed by atoms with Crippen LogP contribution in [0.25, 0.3) is 0 Å². The molecule has 0 radical (unpaired) electrons. The van der Waals surface area contributed by atoms with Crippen molar-refractivity contribution in [3.05, 3.63) is 35.4 Å². The number of morpholine rings is 1. The summed E-state index contributed by atoms with van der Waals surface area (Å²) in [5.74, 6) is -0.0408. The average Bonchev–Trinajstić information content (AvgIpc) is 2.59. The molecule has 6 heteroatoms. The third-order valence-electron chi connectivity index (χ3n) is 4.00. The molecule has 23 heavy (non-hydrogen) atoms. The van der Waals surface area contributed by atoms with Crippen molar-refractivity contribution in [2.75, 3.05) is 40.0 Å². The van der Waals surface area contributed by atoms with Crippen LogP contribution in [-0.4, -0.2) is 56.9 Å². The summed E-state index contributed by atoms with van der Waals surface area (Å²) in [5.41, 5.74) is 7.89. The van der Waals surface area contributed by atoms with Crippen LogP contribution in [0.1, 0.15) is 17.5 Å². The molecular weight excluding hydrogens is 294 g/mol. The van der Waals surface area contributed by atoms with Gasteiger partial charge in [0, 0.05) is 39.8 Å². The van der Waals surface area contributed by atoms with E-state index in [-0.39, 0.29) is 12.0 Å². The van der Waals surface area contributed by atoms with Crippen molar-refractivity contribution in [1.29, 1.82) is 0 Å². The maximum absolute atomic E-state index is 11.9. The largest absolute Gasteiger partial charge is 0.380 e. The lowest BCUT2D eigenvalue weighted by molar-refractivity contribution is -0.123. The van der Waals surface area contributed by atoms with Crippen molar-refractivity contribution in [2.45, 2.75) is 25.6 Å². The van der Waals surface area contributed by atoms with Crippen molar-refractivity contribution in [3.8, 4) is 0 Å². The highest BCUT2D eigenvalue weighted by Gasteiger charge is 2.12. The molecule has 1 heterocycles. The van der Waals surface area contributed by atoms with Crippen molar-refractivity contribution in [3.63, 3.8) is 0 Å². The number of benzene rings is 1. The monoisotopic (exact) mass is 321 g/mol. The Hall–Kier alpha value is -1.47. The number of methoxy groups -OCH3 is 1. The Bertz CT molecular complexity index is 486. The van der Waals surface area contributed by atoms with Gasteiger partial charge in [-0.05, 0) is 11.1 Å². The van der Waals surface area contributed by atoms with Crippen LogP contribution < -0.4 is 11.1 Å². The fourth-order valence-electron chi connectivity index (χ4n) is 2.60. The molecular formula is C17H27N3O3. The van der Waals surface area contributed by atoms with Crippen LogP contribution in [0.5, 0.6) is 0 Å². The van der Waals surface area contributed by atoms with Gasteiger partial charge >= 0.3 is 0 Å². The Morgan fingerprint density at radius 3 is 2.83 bits per heavy atom. The highest BCUT2D eigenvalue weighted by molar-refractivity contribution is 5.76. The lowest BCUT2D eigenvalue weighted by Gasteiger charge is -2.26. The number of nitrogens with one attached hydrogen (secondary N) is 1. The highest BCUT2D eigenvalue weighted by atomic mass is 16.5. The van der Waals surface area contributed by atoms with E-state index in [4.69, 9.17) is 15.2 Å². The molecule has 128 valence electrons. The topological polar surface area (TPSA) is 76.8 Å². The summed E-state index contributed by atoms with van der Waals surface area (Å²) in [4.78, 5) is 14.3. The van der Waals surface area contributed by atoms with Crippen LogP contribution in [0.3, 0.4) is 0 Å². The number of amides is 1. The number of rotatable bonds is 8. The molecule has 1 aliphatic rings. The van der Waals surface area contributed by atoms with Gasteiger partial charge in [-0.2, -0.15) is 0 Å². The number of hydrogen-bond donors (Lipinski definition) is 2. The van der Waals surface area contributed by atoms with Crippen molar-refractivity contribution in [1.82, 2.24) is 10.2 Å². The van der Waals surface area contributed by atoms with Gasteiger partial charge in [-0.3, -0.25) is 9.69 Å². The molecule has 0 aromatic heterocycles. The molecule has 0 bridgehead atoms. The lowest BCUT2D eigenvalue weighted by Crippen LogP contribution is -2.35. The summed E-state index contributed by atoms with van der Waals surface area (Å²) in [7, 11) is 1.57. The maximum Gasteiger partial charge on any atom is 0.222 e. The first-order valence-electron chi connectivity index (χ1n) is 8.08. The molecule has 1 fully saturated rings. The van der Waals surface area contributed by atoms with Gasteiger partial charge in [-0.25, -0.2) is 0 Å². The number of nitrogens with two attached hydrogens (primary N) is 1. The van der Waals surface area contributed by atoms with E-state index < -0.39 is 0 Å². The van der Waals surface area contributed by atoms with E-state index in [9.17, 15) is 4.79 Å². The number of ether oxygens (including phenoxy) is 2. The molecule has 1 saturated heterocycles. The minimum Gasteiger partial charge on any atom is -0.380 e. The molecule has 0 spiro atoms. The fraction of sp³-hybridized carbons (Fsp3) is 0.588. The van der Waals surface area contributed by atoms with Gasteiger partial charge in [0.2, 0.25) is 5.91 Å². The van der Waals surface area contributed by atoms with Gasteiger partial charge in [-0.1, -0.05) is 24.3 Å². The Labute approximate surface area is 137 Å². The molecule has 1 aromatic carbocycles. The zero-order valence-corrected chi connectivity index (χ0v) is 13.8.